The van der Waals surface area contributed by atoms with Crippen LogP contribution in [0.5, 0.6) is 0 Å². The number of piperazine rings is 1. The van der Waals surface area contributed by atoms with Crippen molar-refractivity contribution in [3.63, 3.8) is 0 Å². The number of hydrogen-bond donors (Lipinski definition) is 3. The van der Waals surface area contributed by atoms with Gasteiger partial charge >= 0.3 is 11.9 Å². The summed E-state index contributed by atoms with van der Waals surface area (Å²) in [6.07, 6.45) is 1.32. The normalized spacial score (nSPS) is 17.0. The molecule has 1 fully saturated rings. The molecule has 0 radical (unpaired) electrons. The first-order valence-electron chi connectivity index (χ1n) is 7.63. The van der Waals surface area contributed by atoms with Crippen LogP contribution in [0.15, 0.2) is 10.7 Å². The van der Waals surface area contributed by atoms with Crippen LogP contribution in [-0.2, 0) is 9.59 Å². The van der Waals surface area contributed by atoms with Gasteiger partial charge in [0.1, 0.15) is 5.69 Å². The number of halogens is 3. The van der Waals surface area contributed by atoms with Crippen LogP contribution in [0.4, 0.5) is 18.9 Å². The molecule has 1 aliphatic heterocycles. The largest absolute Gasteiger partial charge is 0.473 e. The molecule has 142 valence electrons. The summed E-state index contributed by atoms with van der Waals surface area (Å²) in [5, 5.41) is 18.0. The summed E-state index contributed by atoms with van der Waals surface area (Å²) in [7, 11) is 0. The Morgan fingerprint density at radius 3 is 2.35 bits per heavy atom. The highest BCUT2D eigenvalue weighted by Crippen LogP contribution is 2.37. The minimum absolute atomic E-state index is 0.0142. The first-order chi connectivity index (χ1) is 12.1. The van der Waals surface area contributed by atoms with E-state index in [1.165, 1.54) is 6.26 Å². The van der Waals surface area contributed by atoms with E-state index in [0.717, 1.165) is 0 Å². The number of carbonyl (C=O) groups is 2. The van der Waals surface area contributed by atoms with E-state index >= 15 is 0 Å². The van der Waals surface area contributed by atoms with Gasteiger partial charge in [0.15, 0.2) is 23.0 Å². The molecule has 0 spiro atoms. The van der Waals surface area contributed by atoms with Gasteiger partial charge in [0.05, 0.1) is 11.6 Å². The molecular formula is C16H17F3N2O5. The van der Waals surface area contributed by atoms with Gasteiger partial charge in [-0.05, 0) is 19.4 Å². The van der Waals surface area contributed by atoms with Crippen molar-refractivity contribution < 1.29 is 37.4 Å². The molecule has 10 heteroatoms. The number of aryl methyl sites for hydroxylation is 1. The van der Waals surface area contributed by atoms with Crippen LogP contribution in [0.1, 0.15) is 12.5 Å². The Kier molecular flexibility index (Phi) is 5.76. The van der Waals surface area contributed by atoms with Gasteiger partial charge in [0.2, 0.25) is 0 Å². The van der Waals surface area contributed by atoms with Crippen LogP contribution in [0.3, 0.4) is 0 Å². The van der Waals surface area contributed by atoms with Gasteiger partial charge in [0, 0.05) is 25.7 Å². The number of hydrogen-bond acceptors (Lipinski definition) is 5. The predicted molar refractivity (Wildman–Crippen MR) is 85.8 cm³/mol. The lowest BCUT2D eigenvalue weighted by Crippen LogP contribution is -2.49. The molecule has 1 atom stereocenters. The molecule has 1 aromatic heterocycles. The Labute approximate surface area is 146 Å². The van der Waals surface area contributed by atoms with Crippen molar-refractivity contribution in [2.75, 3.05) is 24.5 Å². The van der Waals surface area contributed by atoms with E-state index in [2.05, 4.69) is 5.32 Å². The van der Waals surface area contributed by atoms with Crippen LogP contribution in [-0.4, -0.2) is 47.8 Å². The first-order valence-corrected chi connectivity index (χ1v) is 7.63. The van der Waals surface area contributed by atoms with Crippen LogP contribution in [0, 0.1) is 24.4 Å². The lowest BCUT2D eigenvalue weighted by Gasteiger charge is -2.33. The van der Waals surface area contributed by atoms with Crippen LogP contribution in [0.25, 0.3) is 11.0 Å². The maximum absolute atomic E-state index is 14.2. The summed E-state index contributed by atoms with van der Waals surface area (Å²) in [5.41, 5.74) is 0.550. The Hall–Kier alpha value is -2.75. The quantitative estimate of drug-likeness (QED) is 0.519. The Balaban J connectivity index is 0.000000352. The molecular weight excluding hydrogens is 357 g/mol. The van der Waals surface area contributed by atoms with E-state index in [0.29, 0.717) is 25.2 Å². The van der Waals surface area contributed by atoms with Crippen molar-refractivity contribution in [2.45, 2.75) is 19.9 Å². The SMILES string of the molecule is Cc1coc2c(N3CCN[C@@H](C)C3)c(F)c(F)c(F)c12.O=C(O)C(=O)O. The second kappa shape index (κ2) is 7.65. The lowest BCUT2D eigenvalue weighted by atomic mass is 10.1. The number of nitrogens with zero attached hydrogens (tertiary/aromatic N) is 1. The summed E-state index contributed by atoms with van der Waals surface area (Å²) in [5.74, 6) is -7.46. The molecule has 1 aromatic carbocycles. The van der Waals surface area contributed by atoms with Gasteiger partial charge in [0.25, 0.3) is 0 Å². The number of anilines is 1. The second-order valence-electron chi connectivity index (χ2n) is 5.82. The molecule has 3 rings (SSSR count). The topological polar surface area (TPSA) is 103 Å². The first kappa shape index (κ1) is 19.6. The van der Waals surface area contributed by atoms with E-state index < -0.39 is 29.4 Å². The van der Waals surface area contributed by atoms with Gasteiger partial charge in [-0.1, -0.05) is 0 Å². The number of carboxylic acid groups (broad SMARTS) is 2. The fourth-order valence-electron chi connectivity index (χ4n) is 2.72. The van der Waals surface area contributed by atoms with Crippen molar-refractivity contribution in [1.82, 2.24) is 5.32 Å². The molecule has 3 N–H and O–H groups in total. The third-order valence-electron chi connectivity index (χ3n) is 3.87. The van der Waals surface area contributed by atoms with Crippen LogP contribution < -0.4 is 10.2 Å². The van der Waals surface area contributed by atoms with E-state index in [1.54, 1.807) is 11.8 Å². The maximum Gasteiger partial charge on any atom is 0.414 e. The average Bonchev–Trinajstić information content (AvgIpc) is 2.95. The maximum atomic E-state index is 14.2. The molecule has 7 nitrogen and oxygen atoms in total. The third kappa shape index (κ3) is 3.74. The fraction of sp³-hybridized carbons (Fsp3) is 0.375. The number of fused-ring (bicyclic) bond motifs is 1. The molecule has 1 saturated heterocycles. The minimum atomic E-state index is -1.82. The molecule has 0 saturated carbocycles. The van der Waals surface area contributed by atoms with Gasteiger partial charge in [-0.15, -0.1) is 0 Å². The van der Waals surface area contributed by atoms with E-state index in [1.807, 2.05) is 6.92 Å². The fourth-order valence-corrected chi connectivity index (χ4v) is 2.72. The number of aliphatic carboxylic acids is 2. The summed E-state index contributed by atoms with van der Waals surface area (Å²) < 4.78 is 47.1. The zero-order valence-corrected chi connectivity index (χ0v) is 14.0. The van der Waals surface area contributed by atoms with Crippen molar-refractivity contribution in [3.05, 3.63) is 29.3 Å². The number of nitrogens with one attached hydrogen (secondary N) is 1. The molecule has 0 bridgehead atoms. The van der Waals surface area contributed by atoms with E-state index in [4.69, 9.17) is 24.2 Å². The smallest absolute Gasteiger partial charge is 0.414 e. The minimum Gasteiger partial charge on any atom is -0.473 e. The average molecular weight is 374 g/mol. The highest BCUT2D eigenvalue weighted by Gasteiger charge is 2.29. The second-order valence-corrected chi connectivity index (χ2v) is 5.82. The number of furan rings is 1. The third-order valence-corrected chi connectivity index (χ3v) is 3.87. The number of benzene rings is 1. The van der Waals surface area contributed by atoms with Crippen molar-refractivity contribution in [3.8, 4) is 0 Å². The summed E-state index contributed by atoms with van der Waals surface area (Å²) >= 11 is 0. The molecule has 0 amide bonds. The zero-order valence-electron chi connectivity index (χ0n) is 14.0. The van der Waals surface area contributed by atoms with E-state index in [9.17, 15) is 13.2 Å². The molecule has 0 aliphatic carbocycles. The molecule has 26 heavy (non-hydrogen) atoms. The molecule has 1 aliphatic rings. The number of rotatable bonds is 1. The lowest BCUT2D eigenvalue weighted by molar-refractivity contribution is -0.159. The van der Waals surface area contributed by atoms with Crippen molar-refractivity contribution >= 4 is 28.6 Å². The van der Waals surface area contributed by atoms with Crippen LogP contribution >= 0.6 is 0 Å². The highest BCUT2D eigenvalue weighted by atomic mass is 19.2. The van der Waals surface area contributed by atoms with E-state index in [-0.39, 0.29) is 22.7 Å². The summed E-state index contributed by atoms with van der Waals surface area (Å²) in [4.78, 5) is 19.9. The van der Waals surface area contributed by atoms with Crippen LogP contribution in [0.2, 0.25) is 0 Å². The monoisotopic (exact) mass is 374 g/mol. The van der Waals surface area contributed by atoms with Crippen molar-refractivity contribution in [1.29, 1.82) is 0 Å². The van der Waals surface area contributed by atoms with Gasteiger partial charge in [-0.2, -0.15) is 0 Å². The van der Waals surface area contributed by atoms with Gasteiger partial charge < -0.3 is 24.8 Å². The van der Waals surface area contributed by atoms with Gasteiger partial charge in [-0.25, -0.2) is 22.8 Å². The Morgan fingerprint density at radius 1 is 1.19 bits per heavy atom. The van der Waals surface area contributed by atoms with Gasteiger partial charge in [-0.3, -0.25) is 0 Å². The molecule has 0 unspecified atom stereocenters. The zero-order chi connectivity index (χ0) is 19.6. The summed E-state index contributed by atoms with van der Waals surface area (Å²) in [6.45, 7) is 5.24. The Morgan fingerprint density at radius 2 is 1.81 bits per heavy atom. The molecule has 2 heterocycles. The molecule has 2 aromatic rings. The Bertz CT molecular complexity index is 840. The number of carboxylic acids is 2. The van der Waals surface area contributed by atoms with Crippen molar-refractivity contribution in [2.24, 2.45) is 0 Å². The standard InChI is InChI=1S/C14H15F3N2O.C2H2O4/c1-7-6-20-14-9(7)10(15)11(16)12(17)13(14)19-4-3-18-8(2)5-19;3-1(4)2(5)6/h6,8,18H,3-5H2,1-2H3;(H,3,4)(H,5,6)/t8-;/m0./s1. The highest BCUT2D eigenvalue weighted by molar-refractivity contribution is 6.27. The summed E-state index contributed by atoms with van der Waals surface area (Å²) in [6, 6.07) is 0.141. The predicted octanol–water partition coefficient (Wildman–Crippen LogP) is 2.11.